The van der Waals surface area contributed by atoms with Gasteiger partial charge in [-0.3, -0.25) is 9.48 Å². The molecule has 0 aliphatic carbocycles. The lowest BCUT2D eigenvalue weighted by Crippen LogP contribution is -2.40. The van der Waals surface area contributed by atoms with E-state index in [0.717, 1.165) is 30.8 Å². The molecule has 1 fully saturated rings. The van der Waals surface area contributed by atoms with E-state index in [0.29, 0.717) is 0 Å². The molecule has 19 heavy (non-hydrogen) atoms. The third-order valence-corrected chi connectivity index (χ3v) is 4.87. The van der Waals surface area contributed by atoms with Crippen LogP contribution in [0.5, 0.6) is 0 Å². The van der Waals surface area contributed by atoms with Gasteiger partial charge in [0, 0.05) is 42.4 Å². The number of carbonyl (C=O) groups excluding carboxylic acids is 1. The lowest BCUT2D eigenvalue weighted by Gasteiger charge is -2.24. The van der Waals surface area contributed by atoms with Gasteiger partial charge < -0.3 is 10.6 Å². The third-order valence-electron chi connectivity index (χ3n) is 3.50. The quantitative estimate of drug-likeness (QED) is 0.884. The molecule has 2 heterocycles. The molecule has 0 aromatic carbocycles. The number of hydrogen-bond acceptors (Lipinski definition) is 4. The van der Waals surface area contributed by atoms with Crippen LogP contribution in [0.1, 0.15) is 31.9 Å². The fraction of sp³-hybridized carbons (Fsp3) is 0.692. The SMILES string of the molecule is Cn1cc(C(N)C(=O)N2CCSC(C)(C)CC2)cn1. The zero-order valence-corrected chi connectivity index (χ0v) is 12.6. The fourth-order valence-corrected chi connectivity index (χ4v) is 3.28. The highest BCUT2D eigenvalue weighted by Crippen LogP contribution is 2.31. The summed E-state index contributed by atoms with van der Waals surface area (Å²) < 4.78 is 1.91. The molecule has 1 aliphatic rings. The van der Waals surface area contributed by atoms with Crippen molar-refractivity contribution in [3.63, 3.8) is 0 Å². The average molecular weight is 282 g/mol. The number of aromatic nitrogens is 2. The van der Waals surface area contributed by atoms with Crippen molar-refractivity contribution in [1.29, 1.82) is 0 Å². The van der Waals surface area contributed by atoms with E-state index in [1.54, 1.807) is 17.1 Å². The van der Waals surface area contributed by atoms with Gasteiger partial charge >= 0.3 is 0 Å². The van der Waals surface area contributed by atoms with Crippen molar-refractivity contribution in [3.05, 3.63) is 18.0 Å². The summed E-state index contributed by atoms with van der Waals surface area (Å²) in [5.41, 5.74) is 6.83. The summed E-state index contributed by atoms with van der Waals surface area (Å²) in [4.78, 5) is 14.3. The number of carbonyl (C=O) groups is 1. The number of hydrogen-bond donors (Lipinski definition) is 1. The summed E-state index contributed by atoms with van der Waals surface area (Å²) in [7, 11) is 1.83. The minimum Gasteiger partial charge on any atom is -0.340 e. The lowest BCUT2D eigenvalue weighted by atomic mass is 10.1. The van der Waals surface area contributed by atoms with Crippen molar-refractivity contribution in [3.8, 4) is 0 Å². The molecule has 5 nitrogen and oxygen atoms in total. The van der Waals surface area contributed by atoms with E-state index in [-0.39, 0.29) is 10.7 Å². The number of nitrogens with two attached hydrogens (primary N) is 1. The van der Waals surface area contributed by atoms with Gasteiger partial charge in [0.25, 0.3) is 0 Å². The molecule has 1 aromatic heterocycles. The van der Waals surface area contributed by atoms with Crippen LogP contribution in [-0.2, 0) is 11.8 Å². The highest BCUT2D eigenvalue weighted by Gasteiger charge is 2.29. The number of amides is 1. The Morgan fingerprint density at radius 3 is 2.89 bits per heavy atom. The van der Waals surface area contributed by atoms with E-state index in [9.17, 15) is 4.79 Å². The van der Waals surface area contributed by atoms with E-state index in [1.165, 1.54) is 0 Å². The minimum absolute atomic E-state index is 0.00583. The Balaban J connectivity index is 2.03. The maximum atomic E-state index is 12.4. The number of nitrogens with zero attached hydrogens (tertiary/aromatic N) is 3. The Morgan fingerprint density at radius 1 is 1.53 bits per heavy atom. The Bertz CT molecular complexity index is 457. The van der Waals surface area contributed by atoms with Crippen LogP contribution in [0.2, 0.25) is 0 Å². The molecule has 1 saturated heterocycles. The summed E-state index contributed by atoms with van der Waals surface area (Å²) in [6.45, 7) is 6.02. The number of rotatable bonds is 2. The molecule has 106 valence electrons. The van der Waals surface area contributed by atoms with Crippen molar-refractivity contribution in [2.24, 2.45) is 12.8 Å². The first-order chi connectivity index (χ1) is 8.89. The fourth-order valence-electron chi connectivity index (χ4n) is 2.18. The van der Waals surface area contributed by atoms with Crippen LogP contribution in [0.4, 0.5) is 0 Å². The number of thioether (sulfide) groups is 1. The van der Waals surface area contributed by atoms with Crippen molar-refractivity contribution in [1.82, 2.24) is 14.7 Å². The van der Waals surface area contributed by atoms with E-state index in [1.807, 2.05) is 23.7 Å². The van der Waals surface area contributed by atoms with Crippen molar-refractivity contribution >= 4 is 17.7 Å². The molecule has 0 radical (unpaired) electrons. The van der Waals surface area contributed by atoms with Gasteiger partial charge in [0.05, 0.1) is 6.20 Å². The van der Waals surface area contributed by atoms with E-state index >= 15 is 0 Å². The molecule has 1 unspecified atom stereocenters. The highest BCUT2D eigenvalue weighted by molar-refractivity contribution is 8.00. The minimum atomic E-state index is -0.597. The van der Waals surface area contributed by atoms with Gasteiger partial charge in [-0.25, -0.2) is 0 Å². The molecule has 1 amide bonds. The Morgan fingerprint density at radius 2 is 2.26 bits per heavy atom. The maximum absolute atomic E-state index is 12.4. The van der Waals surface area contributed by atoms with Crippen LogP contribution in [0.3, 0.4) is 0 Å². The molecule has 0 saturated carbocycles. The Kier molecular flexibility index (Phi) is 4.20. The molecule has 0 spiro atoms. The van der Waals surface area contributed by atoms with Gasteiger partial charge in [-0.05, 0) is 6.42 Å². The molecule has 2 N–H and O–H groups in total. The first kappa shape index (κ1) is 14.4. The molecule has 1 aromatic rings. The zero-order chi connectivity index (χ0) is 14.0. The summed E-state index contributed by atoms with van der Waals surface area (Å²) >= 11 is 1.92. The molecular formula is C13H22N4OS. The lowest BCUT2D eigenvalue weighted by molar-refractivity contribution is -0.132. The van der Waals surface area contributed by atoms with Crippen LogP contribution < -0.4 is 5.73 Å². The topological polar surface area (TPSA) is 64.2 Å². The van der Waals surface area contributed by atoms with Crippen LogP contribution in [0.15, 0.2) is 12.4 Å². The summed E-state index contributed by atoms with van der Waals surface area (Å²) in [6, 6.07) is -0.597. The van der Waals surface area contributed by atoms with Gasteiger partial charge in [0.1, 0.15) is 6.04 Å². The standard InChI is InChI=1S/C13H22N4OS/c1-13(2)4-5-17(6-7-19-13)12(18)11(14)10-8-15-16(3)9-10/h8-9,11H,4-7,14H2,1-3H3. The van der Waals surface area contributed by atoms with Gasteiger partial charge in [0.2, 0.25) is 5.91 Å². The van der Waals surface area contributed by atoms with Crippen molar-refractivity contribution in [2.45, 2.75) is 31.1 Å². The van der Waals surface area contributed by atoms with Crippen molar-refractivity contribution < 1.29 is 4.79 Å². The van der Waals surface area contributed by atoms with Gasteiger partial charge in [-0.1, -0.05) is 13.8 Å². The molecule has 1 atom stereocenters. The van der Waals surface area contributed by atoms with E-state index < -0.39 is 6.04 Å². The smallest absolute Gasteiger partial charge is 0.244 e. The first-order valence-electron chi connectivity index (χ1n) is 6.56. The third kappa shape index (κ3) is 3.51. The predicted octanol–water partition coefficient (Wildman–Crippen LogP) is 1.16. The average Bonchev–Trinajstić information content (AvgIpc) is 2.69. The van der Waals surface area contributed by atoms with Crippen molar-refractivity contribution in [2.75, 3.05) is 18.8 Å². The molecular weight excluding hydrogens is 260 g/mol. The summed E-state index contributed by atoms with van der Waals surface area (Å²) in [5.74, 6) is 0.977. The predicted molar refractivity (Wildman–Crippen MR) is 77.9 cm³/mol. The molecule has 0 bridgehead atoms. The molecule has 2 rings (SSSR count). The second-order valence-corrected chi connectivity index (χ2v) is 7.41. The Labute approximate surface area is 118 Å². The second-order valence-electron chi connectivity index (χ2n) is 5.61. The zero-order valence-electron chi connectivity index (χ0n) is 11.8. The number of aryl methyl sites for hydroxylation is 1. The first-order valence-corrected chi connectivity index (χ1v) is 7.54. The van der Waals surface area contributed by atoms with Gasteiger partial charge in [0.15, 0.2) is 0 Å². The molecule has 6 heteroatoms. The van der Waals surface area contributed by atoms with Gasteiger partial charge in [-0.2, -0.15) is 16.9 Å². The summed E-state index contributed by atoms with van der Waals surface area (Å²) in [6.07, 6.45) is 4.47. The van der Waals surface area contributed by atoms with Gasteiger partial charge in [-0.15, -0.1) is 0 Å². The normalized spacial score (nSPS) is 20.9. The molecule has 1 aliphatic heterocycles. The van der Waals surface area contributed by atoms with E-state index in [4.69, 9.17) is 5.73 Å². The summed E-state index contributed by atoms with van der Waals surface area (Å²) in [5, 5.41) is 4.07. The highest BCUT2D eigenvalue weighted by atomic mass is 32.2. The van der Waals surface area contributed by atoms with E-state index in [2.05, 4.69) is 18.9 Å². The Hall–Kier alpha value is -1.01. The maximum Gasteiger partial charge on any atom is 0.244 e. The second kappa shape index (κ2) is 5.54. The monoisotopic (exact) mass is 282 g/mol. The largest absolute Gasteiger partial charge is 0.340 e. The van der Waals surface area contributed by atoms with Crippen LogP contribution >= 0.6 is 11.8 Å². The van der Waals surface area contributed by atoms with Crippen LogP contribution in [0.25, 0.3) is 0 Å². The van der Waals surface area contributed by atoms with Crippen LogP contribution in [-0.4, -0.2) is 44.2 Å². The van der Waals surface area contributed by atoms with Crippen LogP contribution in [0, 0.1) is 0 Å².